The minimum absolute atomic E-state index is 0.0731. The van der Waals surface area contributed by atoms with Crippen molar-refractivity contribution in [2.75, 3.05) is 5.09 Å². The van der Waals surface area contributed by atoms with Crippen LogP contribution in [-0.4, -0.2) is 20.0 Å². The first-order chi connectivity index (χ1) is 10.8. The standard InChI is InChI=1S/C16H20NO5P/c1-2-11(12-4-3-5-14(18)9-12)8-13-6-7-15(19)10-16(13)17-23(20,21)22/h3-7,9-11,18-19H,2,8H2,1H3,(H3,17,20,21,22). The van der Waals surface area contributed by atoms with Crippen LogP contribution in [0.4, 0.5) is 5.69 Å². The van der Waals surface area contributed by atoms with Gasteiger partial charge in [0.15, 0.2) is 0 Å². The van der Waals surface area contributed by atoms with Crippen molar-refractivity contribution in [2.45, 2.75) is 25.7 Å². The van der Waals surface area contributed by atoms with Gasteiger partial charge in [-0.15, -0.1) is 0 Å². The summed E-state index contributed by atoms with van der Waals surface area (Å²) in [6.07, 6.45) is 1.31. The van der Waals surface area contributed by atoms with Gasteiger partial charge < -0.3 is 20.0 Å². The maximum absolute atomic E-state index is 11.2. The summed E-state index contributed by atoms with van der Waals surface area (Å²) in [6, 6.07) is 11.4. The molecule has 2 aromatic carbocycles. The number of phenolic OH excluding ortho intramolecular Hbond substituents is 2. The van der Waals surface area contributed by atoms with Gasteiger partial charge in [-0.05, 0) is 48.1 Å². The number of hydrogen-bond acceptors (Lipinski definition) is 3. The number of hydrogen-bond donors (Lipinski definition) is 5. The Morgan fingerprint density at radius 2 is 1.78 bits per heavy atom. The highest BCUT2D eigenvalue weighted by atomic mass is 31.2. The number of nitrogens with one attached hydrogen (secondary N) is 1. The van der Waals surface area contributed by atoms with Gasteiger partial charge in [0, 0.05) is 6.07 Å². The predicted molar refractivity (Wildman–Crippen MR) is 88.6 cm³/mol. The maximum Gasteiger partial charge on any atom is 0.427 e. The van der Waals surface area contributed by atoms with Gasteiger partial charge in [0.1, 0.15) is 11.5 Å². The predicted octanol–water partition coefficient (Wildman–Crippen LogP) is 3.34. The summed E-state index contributed by atoms with van der Waals surface area (Å²) in [7, 11) is -4.47. The lowest BCUT2D eigenvalue weighted by Crippen LogP contribution is -2.05. The molecule has 0 aliphatic heterocycles. The highest BCUT2D eigenvalue weighted by molar-refractivity contribution is 7.53. The average molecular weight is 337 g/mol. The molecule has 2 aromatic rings. The minimum Gasteiger partial charge on any atom is -0.508 e. The van der Waals surface area contributed by atoms with Crippen LogP contribution >= 0.6 is 7.75 Å². The van der Waals surface area contributed by atoms with Gasteiger partial charge in [0.25, 0.3) is 0 Å². The molecule has 0 saturated heterocycles. The van der Waals surface area contributed by atoms with E-state index in [1.54, 1.807) is 24.3 Å². The SMILES string of the molecule is CCC(Cc1ccc(O)cc1NP(=O)(O)O)c1cccc(O)c1. The second kappa shape index (κ2) is 7.04. The third kappa shape index (κ3) is 4.99. The fourth-order valence-corrected chi connectivity index (χ4v) is 3.07. The molecule has 0 aliphatic rings. The highest BCUT2D eigenvalue weighted by Crippen LogP contribution is 2.39. The third-order valence-electron chi connectivity index (χ3n) is 3.66. The van der Waals surface area contributed by atoms with Crippen LogP contribution in [0.2, 0.25) is 0 Å². The summed E-state index contributed by atoms with van der Waals surface area (Å²) in [5.41, 5.74) is 1.83. The molecular formula is C16H20NO5P. The lowest BCUT2D eigenvalue weighted by Gasteiger charge is -2.19. The van der Waals surface area contributed by atoms with E-state index in [1.807, 2.05) is 13.0 Å². The van der Waals surface area contributed by atoms with Crippen molar-refractivity contribution >= 4 is 13.4 Å². The van der Waals surface area contributed by atoms with Gasteiger partial charge >= 0.3 is 7.75 Å². The van der Waals surface area contributed by atoms with Crippen LogP contribution in [-0.2, 0) is 11.0 Å². The molecule has 0 radical (unpaired) electrons. The number of phenols is 2. The maximum atomic E-state index is 11.2. The smallest absolute Gasteiger partial charge is 0.427 e. The van der Waals surface area contributed by atoms with E-state index >= 15 is 0 Å². The van der Waals surface area contributed by atoms with Gasteiger partial charge in [-0.1, -0.05) is 25.1 Å². The zero-order chi connectivity index (χ0) is 17.0. The molecule has 124 valence electrons. The van der Waals surface area contributed by atoms with E-state index in [0.717, 1.165) is 12.0 Å². The van der Waals surface area contributed by atoms with Crippen LogP contribution in [0.3, 0.4) is 0 Å². The van der Waals surface area contributed by atoms with Crippen molar-refractivity contribution in [3.05, 3.63) is 53.6 Å². The van der Waals surface area contributed by atoms with Crippen LogP contribution in [0.5, 0.6) is 11.5 Å². The number of aromatic hydroxyl groups is 2. The van der Waals surface area contributed by atoms with E-state index in [9.17, 15) is 14.8 Å². The van der Waals surface area contributed by atoms with Crippen LogP contribution in [0.1, 0.15) is 30.4 Å². The van der Waals surface area contributed by atoms with E-state index in [2.05, 4.69) is 5.09 Å². The molecule has 0 bridgehead atoms. The topological polar surface area (TPSA) is 110 Å². The second-order valence-electron chi connectivity index (χ2n) is 5.40. The van der Waals surface area contributed by atoms with E-state index < -0.39 is 7.75 Å². The molecule has 0 aromatic heterocycles. The molecule has 5 N–H and O–H groups in total. The Kier molecular flexibility index (Phi) is 5.31. The summed E-state index contributed by atoms with van der Waals surface area (Å²) in [6.45, 7) is 2.01. The lowest BCUT2D eigenvalue weighted by molar-refractivity contribution is 0.380. The first-order valence-corrected chi connectivity index (χ1v) is 8.84. The fraction of sp³-hybridized carbons (Fsp3) is 0.250. The largest absolute Gasteiger partial charge is 0.508 e. The highest BCUT2D eigenvalue weighted by Gasteiger charge is 2.18. The Morgan fingerprint density at radius 1 is 1.09 bits per heavy atom. The summed E-state index contributed by atoms with van der Waals surface area (Å²) >= 11 is 0. The normalized spacial score (nSPS) is 12.8. The number of rotatable bonds is 6. The first kappa shape index (κ1) is 17.3. The molecule has 7 heteroatoms. The molecule has 0 fully saturated rings. The fourth-order valence-electron chi connectivity index (χ4n) is 2.55. The Labute approximate surface area is 134 Å². The Hall–Kier alpha value is -2.01. The molecule has 23 heavy (non-hydrogen) atoms. The van der Waals surface area contributed by atoms with Crippen LogP contribution < -0.4 is 5.09 Å². The molecule has 6 nitrogen and oxygen atoms in total. The van der Waals surface area contributed by atoms with E-state index in [4.69, 9.17) is 9.79 Å². The zero-order valence-corrected chi connectivity index (χ0v) is 13.6. The lowest BCUT2D eigenvalue weighted by atomic mass is 9.89. The van der Waals surface area contributed by atoms with Crippen LogP contribution in [0.25, 0.3) is 0 Å². The molecule has 0 heterocycles. The first-order valence-electron chi connectivity index (χ1n) is 7.23. The second-order valence-corrected chi connectivity index (χ2v) is 6.71. The average Bonchev–Trinajstić information content (AvgIpc) is 2.45. The quantitative estimate of drug-likeness (QED) is 0.517. The third-order valence-corrected chi connectivity index (χ3v) is 4.19. The van der Waals surface area contributed by atoms with Crippen molar-refractivity contribution in [1.82, 2.24) is 0 Å². The van der Waals surface area contributed by atoms with Crippen molar-refractivity contribution in [1.29, 1.82) is 0 Å². The Bertz CT molecular complexity index is 728. The molecule has 0 amide bonds. The molecule has 2 rings (SSSR count). The summed E-state index contributed by atoms with van der Waals surface area (Å²) in [5, 5.41) is 21.3. The summed E-state index contributed by atoms with van der Waals surface area (Å²) < 4.78 is 11.2. The van der Waals surface area contributed by atoms with Gasteiger partial charge in [-0.2, -0.15) is 0 Å². The molecule has 0 aliphatic carbocycles. The zero-order valence-electron chi connectivity index (χ0n) is 12.7. The number of benzene rings is 2. The van der Waals surface area contributed by atoms with Crippen molar-refractivity contribution in [2.24, 2.45) is 0 Å². The van der Waals surface area contributed by atoms with Crippen molar-refractivity contribution in [3.63, 3.8) is 0 Å². The molecule has 0 spiro atoms. The minimum atomic E-state index is -4.47. The van der Waals surface area contributed by atoms with E-state index in [0.29, 0.717) is 12.0 Å². The Balaban J connectivity index is 2.32. The van der Waals surface area contributed by atoms with Gasteiger partial charge in [0.2, 0.25) is 0 Å². The summed E-state index contributed by atoms with van der Waals surface area (Å²) in [4.78, 5) is 18.2. The Morgan fingerprint density at radius 3 is 2.39 bits per heavy atom. The molecule has 0 saturated carbocycles. The molecular weight excluding hydrogens is 317 g/mol. The molecule has 1 atom stereocenters. The van der Waals surface area contributed by atoms with Gasteiger partial charge in [-0.3, -0.25) is 5.09 Å². The van der Waals surface area contributed by atoms with Crippen molar-refractivity contribution in [3.8, 4) is 11.5 Å². The van der Waals surface area contributed by atoms with Crippen molar-refractivity contribution < 1.29 is 24.6 Å². The monoisotopic (exact) mass is 337 g/mol. The number of anilines is 1. The van der Waals surface area contributed by atoms with Gasteiger partial charge in [0.05, 0.1) is 5.69 Å². The van der Waals surface area contributed by atoms with Gasteiger partial charge in [-0.25, -0.2) is 4.57 Å². The van der Waals surface area contributed by atoms with Crippen LogP contribution in [0.15, 0.2) is 42.5 Å². The molecule has 1 unspecified atom stereocenters. The van der Waals surface area contributed by atoms with E-state index in [1.165, 1.54) is 12.1 Å². The summed E-state index contributed by atoms with van der Waals surface area (Å²) in [5.74, 6) is 0.180. The van der Waals surface area contributed by atoms with Crippen LogP contribution in [0, 0.1) is 0 Å². The van der Waals surface area contributed by atoms with E-state index in [-0.39, 0.29) is 23.1 Å².